The Morgan fingerprint density at radius 2 is 2.21 bits per heavy atom. The van der Waals surface area contributed by atoms with Crippen molar-refractivity contribution in [1.82, 2.24) is 14.9 Å². The van der Waals surface area contributed by atoms with Crippen molar-refractivity contribution in [3.63, 3.8) is 0 Å². The first kappa shape index (κ1) is 16.4. The van der Waals surface area contributed by atoms with Gasteiger partial charge in [-0.15, -0.1) is 0 Å². The van der Waals surface area contributed by atoms with Gasteiger partial charge in [-0.05, 0) is 19.1 Å². The predicted molar refractivity (Wildman–Crippen MR) is 86.8 cm³/mol. The molecule has 1 aliphatic rings. The molecule has 7 heteroatoms. The first-order chi connectivity index (χ1) is 11.3. The van der Waals surface area contributed by atoms with Gasteiger partial charge < -0.3 is 15.2 Å². The van der Waals surface area contributed by atoms with E-state index in [1.54, 1.807) is 36.7 Å². The maximum Gasteiger partial charge on any atom is 0.330 e. The second-order valence-electron chi connectivity index (χ2n) is 6.62. The number of carbonyl (C=O) groups is 2. The van der Waals surface area contributed by atoms with Crippen LogP contribution in [0.2, 0.25) is 0 Å². The first-order valence-corrected chi connectivity index (χ1v) is 7.93. The van der Waals surface area contributed by atoms with Crippen LogP contribution in [0.1, 0.15) is 37.6 Å². The van der Waals surface area contributed by atoms with Crippen LogP contribution >= 0.6 is 0 Å². The molecular weight excluding hydrogens is 310 g/mol. The highest BCUT2D eigenvalue weighted by atomic mass is 16.5. The van der Waals surface area contributed by atoms with Crippen molar-refractivity contribution in [1.29, 1.82) is 0 Å². The second kappa shape index (κ2) is 5.59. The Hall–Kier alpha value is -2.41. The fraction of sp³-hybridized carbons (Fsp3) is 0.471. The lowest BCUT2D eigenvalue weighted by molar-refractivity contribution is -0.190. The molecule has 1 saturated carbocycles. The highest BCUT2D eigenvalue weighted by Gasteiger charge is 2.66. The topological polar surface area (TPSA) is 92.9 Å². The minimum atomic E-state index is -1.35. The minimum absolute atomic E-state index is 0.206. The monoisotopic (exact) mass is 331 g/mol. The summed E-state index contributed by atoms with van der Waals surface area (Å²) in [6.07, 6.45) is 3.22. The zero-order valence-electron chi connectivity index (χ0n) is 13.9. The molecule has 2 aromatic heterocycles. The molecule has 2 aromatic rings. The summed E-state index contributed by atoms with van der Waals surface area (Å²) < 4.78 is 7.19. The molecule has 2 unspecified atom stereocenters. The van der Waals surface area contributed by atoms with Gasteiger partial charge in [0.2, 0.25) is 0 Å². The highest BCUT2D eigenvalue weighted by Crippen LogP contribution is 2.51. The van der Waals surface area contributed by atoms with Crippen LogP contribution in [0.15, 0.2) is 30.6 Å². The number of pyridine rings is 1. The van der Waals surface area contributed by atoms with E-state index >= 15 is 0 Å². The summed E-state index contributed by atoms with van der Waals surface area (Å²) in [5, 5.41) is 16.6. The Balaban J connectivity index is 1.90. The van der Waals surface area contributed by atoms with Gasteiger partial charge in [0.25, 0.3) is 5.91 Å². The average molecular weight is 331 g/mol. The third-order valence-electron chi connectivity index (χ3n) is 5.13. The molecule has 3 rings (SSSR count). The maximum absolute atomic E-state index is 12.7. The van der Waals surface area contributed by atoms with Gasteiger partial charge in [-0.1, -0.05) is 19.9 Å². The number of aliphatic carboxylic acids is 1. The fourth-order valence-electron chi connectivity index (χ4n) is 3.41. The van der Waals surface area contributed by atoms with E-state index in [2.05, 4.69) is 10.4 Å². The summed E-state index contributed by atoms with van der Waals surface area (Å²) in [7, 11) is 0. The highest BCUT2D eigenvalue weighted by molar-refractivity contribution is 6.03. The number of aromatic nitrogens is 2. The van der Waals surface area contributed by atoms with Crippen LogP contribution in [0, 0.1) is 5.41 Å². The molecule has 0 saturated heterocycles. The summed E-state index contributed by atoms with van der Waals surface area (Å²) in [5.74, 6) is -1.49. The van der Waals surface area contributed by atoms with Crippen LogP contribution in [0.5, 0.6) is 0 Å². The van der Waals surface area contributed by atoms with Crippen molar-refractivity contribution in [2.45, 2.75) is 38.8 Å². The Morgan fingerprint density at radius 3 is 2.83 bits per heavy atom. The van der Waals surface area contributed by atoms with Crippen LogP contribution in [-0.4, -0.2) is 44.8 Å². The summed E-state index contributed by atoms with van der Waals surface area (Å²) in [6, 6.07) is 5.38. The maximum atomic E-state index is 12.7. The largest absolute Gasteiger partial charge is 0.479 e. The molecule has 1 fully saturated rings. The summed E-state index contributed by atoms with van der Waals surface area (Å²) in [6.45, 7) is 5.99. The van der Waals surface area contributed by atoms with E-state index in [-0.39, 0.29) is 12.5 Å². The van der Waals surface area contributed by atoms with Crippen LogP contribution in [0.3, 0.4) is 0 Å². The zero-order chi connectivity index (χ0) is 17.5. The average Bonchev–Trinajstić information content (AvgIpc) is 2.97. The quantitative estimate of drug-likeness (QED) is 0.870. The predicted octanol–water partition coefficient (Wildman–Crippen LogP) is 1.72. The number of amides is 1. The Bertz CT molecular complexity index is 798. The number of carboxylic acids is 1. The third kappa shape index (κ3) is 2.19. The number of carboxylic acid groups (broad SMARTS) is 1. The molecule has 2 N–H and O–H groups in total. The van der Waals surface area contributed by atoms with Crippen molar-refractivity contribution >= 4 is 17.4 Å². The SMILES string of the molecule is CCOC1CC(NC(=O)c2cnn3ccccc23)(C(=O)O)C1(C)C. The van der Waals surface area contributed by atoms with Gasteiger partial charge >= 0.3 is 5.97 Å². The van der Waals surface area contributed by atoms with E-state index < -0.39 is 22.8 Å². The number of fused-ring (bicyclic) bond motifs is 1. The molecule has 24 heavy (non-hydrogen) atoms. The lowest BCUT2D eigenvalue weighted by atomic mass is 9.54. The molecule has 2 heterocycles. The van der Waals surface area contributed by atoms with Gasteiger partial charge in [0.05, 0.1) is 23.4 Å². The van der Waals surface area contributed by atoms with Crippen molar-refractivity contribution in [3.05, 3.63) is 36.2 Å². The van der Waals surface area contributed by atoms with Gasteiger partial charge in [0.15, 0.2) is 0 Å². The number of hydrogen-bond acceptors (Lipinski definition) is 4. The van der Waals surface area contributed by atoms with E-state index in [9.17, 15) is 14.7 Å². The Kier molecular flexibility index (Phi) is 3.83. The fourth-order valence-corrected chi connectivity index (χ4v) is 3.41. The molecule has 0 radical (unpaired) electrons. The van der Waals surface area contributed by atoms with Crippen molar-refractivity contribution in [2.75, 3.05) is 6.61 Å². The molecule has 2 atom stereocenters. The first-order valence-electron chi connectivity index (χ1n) is 7.93. The summed E-state index contributed by atoms with van der Waals surface area (Å²) in [4.78, 5) is 24.7. The molecule has 0 spiro atoms. The molecule has 1 aliphatic carbocycles. The summed E-state index contributed by atoms with van der Waals surface area (Å²) in [5.41, 5.74) is -1.08. The van der Waals surface area contributed by atoms with Crippen LogP contribution < -0.4 is 5.32 Å². The van der Waals surface area contributed by atoms with Gasteiger partial charge in [-0.3, -0.25) is 4.79 Å². The van der Waals surface area contributed by atoms with Crippen LogP contribution in [0.4, 0.5) is 0 Å². The van der Waals surface area contributed by atoms with Crippen molar-refractivity contribution < 1.29 is 19.4 Å². The number of ether oxygens (including phenoxy) is 1. The lowest BCUT2D eigenvalue weighted by Crippen LogP contribution is -2.76. The second-order valence-corrected chi connectivity index (χ2v) is 6.62. The molecular formula is C17H21N3O4. The molecule has 7 nitrogen and oxygen atoms in total. The number of hydrogen-bond donors (Lipinski definition) is 2. The van der Waals surface area contributed by atoms with E-state index in [1.165, 1.54) is 6.20 Å². The molecule has 0 aliphatic heterocycles. The lowest BCUT2D eigenvalue weighted by Gasteiger charge is -2.58. The molecule has 128 valence electrons. The van der Waals surface area contributed by atoms with E-state index in [0.29, 0.717) is 17.7 Å². The minimum Gasteiger partial charge on any atom is -0.479 e. The smallest absolute Gasteiger partial charge is 0.330 e. The van der Waals surface area contributed by atoms with Crippen molar-refractivity contribution in [2.24, 2.45) is 5.41 Å². The number of nitrogens with one attached hydrogen (secondary N) is 1. The normalized spacial score (nSPS) is 25.2. The van der Waals surface area contributed by atoms with E-state index in [0.717, 1.165) is 0 Å². The van der Waals surface area contributed by atoms with Gasteiger partial charge in [0, 0.05) is 24.6 Å². The van der Waals surface area contributed by atoms with Gasteiger partial charge in [-0.25, -0.2) is 9.31 Å². The van der Waals surface area contributed by atoms with Crippen LogP contribution in [-0.2, 0) is 9.53 Å². The molecule has 0 bridgehead atoms. The third-order valence-corrected chi connectivity index (χ3v) is 5.13. The number of carbonyl (C=O) groups excluding carboxylic acids is 1. The number of rotatable bonds is 5. The Labute approximate surface area is 139 Å². The summed E-state index contributed by atoms with van der Waals surface area (Å²) >= 11 is 0. The van der Waals surface area contributed by atoms with Crippen LogP contribution in [0.25, 0.3) is 5.52 Å². The van der Waals surface area contributed by atoms with E-state index in [1.807, 2.05) is 13.0 Å². The Morgan fingerprint density at radius 1 is 1.46 bits per heavy atom. The van der Waals surface area contributed by atoms with E-state index in [4.69, 9.17) is 4.74 Å². The zero-order valence-corrected chi connectivity index (χ0v) is 13.9. The number of nitrogens with zero attached hydrogens (tertiary/aromatic N) is 2. The molecule has 0 aromatic carbocycles. The van der Waals surface area contributed by atoms with Crippen molar-refractivity contribution in [3.8, 4) is 0 Å². The van der Waals surface area contributed by atoms with Gasteiger partial charge in [0.1, 0.15) is 5.54 Å². The molecule has 1 amide bonds. The van der Waals surface area contributed by atoms with Gasteiger partial charge in [-0.2, -0.15) is 5.10 Å². The standard InChI is InChI=1S/C17H21N3O4/c1-4-24-13-9-17(15(22)23,16(13,2)3)19-14(21)11-10-18-20-8-6-5-7-12(11)20/h5-8,10,13H,4,9H2,1-3H3,(H,19,21)(H,22,23).